The SMILES string of the molecule is CC(C)C(C#N)C(=O)Nc1coc2ccccc12. The van der Waals surface area contributed by atoms with Crippen molar-refractivity contribution in [3.05, 3.63) is 30.5 Å². The number of para-hydroxylation sites is 1. The molecule has 0 radical (unpaired) electrons. The molecular formula is C14H14N2O2. The zero-order valence-electron chi connectivity index (χ0n) is 10.3. The summed E-state index contributed by atoms with van der Waals surface area (Å²) in [5.74, 6) is -0.967. The molecule has 1 unspecified atom stereocenters. The molecule has 4 heteroatoms. The first-order chi connectivity index (χ1) is 8.63. The van der Waals surface area contributed by atoms with E-state index in [0.29, 0.717) is 11.3 Å². The second-order valence-corrected chi connectivity index (χ2v) is 4.49. The summed E-state index contributed by atoms with van der Waals surface area (Å²) >= 11 is 0. The van der Waals surface area contributed by atoms with Gasteiger partial charge in [0, 0.05) is 5.39 Å². The first kappa shape index (κ1) is 12.2. The van der Waals surface area contributed by atoms with Gasteiger partial charge in [-0.15, -0.1) is 0 Å². The van der Waals surface area contributed by atoms with E-state index in [4.69, 9.17) is 9.68 Å². The normalized spacial score (nSPS) is 12.3. The number of hydrogen-bond acceptors (Lipinski definition) is 3. The van der Waals surface area contributed by atoms with Crippen molar-refractivity contribution in [3.8, 4) is 6.07 Å². The van der Waals surface area contributed by atoms with Gasteiger partial charge in [0.15, 0.2) is 0 Å². The molecule has 92 valence electrons. The van der Waals surface area contributed by atoms with Crippen molar-refractivity contribution in [1.29, 1.82) is 5.26 Å². The lowest BCUT2D eigenvalue weighted by atomic mass is 9.96. The highest BCUT2D eigenvalue weighted by molar-refractivity contribution is 6.02. The Kier molecular flexibility index (Phi) is 3.33. The first-order valence-corrected chi connectivity index (χ1v) is 5.80. The predicted octanol–water partition coefficient (Wildman–Crippen LogP) is 3.17. The third-order valence-electron chi connectivity index (χ3n) is 2.83. The molecule has 0 spiro atoms. The van der Waals surface area contributed by atoms with Gasteiger partial charge in [0.1, 0.15) is 17.8 Å². The monoisotopic (exact) mass is 242 g/mol. The number of fused-ring (bicyclic) bond motifs is 1. The minimum absolute atomic E-state index is 0.0202. The van der Waals surface area contributed by atoms with Crippen LogP contribution in [0.2, 0.25) is 0 Å². The van der Waals surface area contributed by atoms with E-state index in [0.717, 1.165) is 5.39 Å². The van der Waals surface area contributed by atoms with E-state index in [1.165, 1.54) is 6.26 Å². The molecule has 2 aromatic rings. The van der Waals surface area contributed by atoms with Crippen LogP contribution in [0.4, 0.5) is 5.69 Å². The zero-order valence-corrected chi connectivity index (χ0v) is 10.3. The van der Waals surface area contributed by atoms with Crippen LogP contribution in [-0.4, -0.2) is 5.91 Å². The fourth-order valence-electron chi connectivity index (χ4n) is 1.80. The standard InChI is InChI=1S/C14H14N2O2/c1-9(2)11(7-15)14(17)16-12-8-18-13-6-4-3-5-10(12)13/h3-6,8-9,11H,1-2H3,(H,16,17). The lowest BCUT2D eigenvalue weighted by Crippen LogP contribution is -2.25. The summed E-state index contributed by atoms with van der Waals surface area (Å²) in [6.07, 6.45) is 1.50. The summed E-state index contributed by atoms with van der Waals surface area (Å²) in [6, 6.07) is 9.45. The van der Waals surface area contributed by atoms with E-state index < -0.39 is 5.92 Å². The van der Waals surface area contributed by atoms with E-state index in [1.807, 2.05) is 44.2 Å². The number of benzene rings is 1. The molecule has 1 N–H and O–H groups in total. The second kappa shape index (κ2) is 4.92. The number of nitriles is 1. The van der Waals surface area contributed by atoms with E-state index in [-0.39, 0.29) is 11.8 Å². The van der Waals surface area contributed by atoms with Gasteiger partial charge in [0.05, 0.1) is 11.8 Å². The molecule has 0 saturated heterocycles. The van der Waals surface area contributed by atoms with Crippen molar-refractivity contribution < 1.29 is 9.21 Å². The van der Waals surface area contributed by atoms with Crippen molar-refractivity contribution in [2.45, 2.75) is 13.8 Å². The Bertz CT molecular complexity index is 608. The fourth-order valence-corrected chi connectivity index (χ4v) is 1.80. The molecule has 1 amide bonds. The molecule has 0 fully saturated rings. The van der Waals surface area contributed by atoms with E-state index in [2.05, 4.69) is 5.32 Å². The maximum atomic E-state index is 12.0. The largest absolute Gasteiger partial charge is 0.462 e. The van der Waals surface area contributed by atoms with Crippen LogP contribution in [-0.2, 0) is 4.79 Å². The molecule has 2 rings (SSSR count). The van der Waals surface area contributed by atoms with Gasteiger partial charge < -0.3 is 9.73 Å². The fraction of sp³-hybridized carbons (Fsp3) is 0.286. The molecule has 0 aliphatic heterocycles. The van der Waals surface area contributed by atoms with E-state index >= 15 is 0 Å². The number of furan rings is 1. The quantitative estimate of drug-likeness (QED) is 0.898. The van der Waals surface area contributed by atoms with E-state index in [1.54, 1.807) is 0 Å². The van der Waals surface area contributed by atoms with Crippen LogP contribution in [0.3, 0.4) is 0 Å². The van der Waals surface area contributed by atoms with Crippen LogP contribution in [0.25, 0.3) is 11.0 Å². The highest BCUT2D eigenvalue weighted by Crippen LogP contribution is 2.26. The average Bonchev–Trinajstić information content (AvgIpc) is 2.73. The van der Waals surface area contributed by atoms with Crippen molar-refractivity contribution in [2.75, 3.05) is 5.32 Å². The topological polar surface area (TPSA) is 66.0 Å². The Balaban J connectivity index is 2.24. The van der Waals surface area contributed by atoms with Crippen molar-refractivity contribution >= 4 is 22.6 Å². The molecule has 1 aromatic carbocycles. The number of anilines is 1. The zero-order chi connectivity index (χ0) is 13.1. The summed E-state index contributed by atoms with van der Waals surface area (Å²) in [5, 5.41) is 12.6. The number of amides is 1. The van der Waals surface area contributed by atoms with Crippen LogP contribution in [0.1, 0.15) is 13.8 Å². The Labute approximate surface area is 105 Å². The molecule has 1 atom stereocenters. The molecule has 1 aromatic heterocycles. The second-order valence-electron chi connectivity index (χ2n) is 4.49. The van der Waals surface area contributed by atoms with Crippen LogP contribution in [0, 0.1) is 23.2 Å². The molecule has 0 saturated carbocycles. The van der Waals surface area contributed by atoms with Crippen LogP contribution in [0.5, 0.6) is 0 Å². The van der Waals surface area contributed by atoms with Gasteiger partial charge in [-0.05, 0) is 18.1 Å². The number of nitrogens with one attached hydrogen (secondary N) is 1. The summed E-state index contributed by atoms with van der Waals surface area (Å²) in [7, 11) is 0. The number of carbonyl (C=O) groups is 1. The lowest BCUT2D eigenvalue weighted by Gasteiger charge is -2.12. The molecule has 4 nitrogen and oxygen atoms in total. The third kappa shape index (κ3) is 2.21. The Hall–Kier alpha value is -2.28. The molecular weight excluding hydrogens is 228 g/mol. The van der Waals surface area contributed by atoms with Crippen molar-refractivity contribution in [1.82, 2.24) is 0 Å². The predicted molar refractivity (Wildman–Crippen MR) is 68.8 cm³/mol. The summed E-state index contributed by atoms with van der Waals surface area (Å²) in [6.45, 7) is 3.70. The molecule has 0 aliphatic rings. The van der Waals surface area contributed by atoms with Gasteiger partial charge in [0.25, 0.3) is 0 Å². The smallest absolute Gasteiger partial charge is 0.242 e. The van der Waals surface area contributed by atoms with Crippen molar-refractivity contribution in [3.63, 3.8) is 0 Å². The Morgan fingerprint density at radius 3 is 2.78 bits per heavy atom. The average molecular weight is 242 g/mol. The molecule has 18 heavy (non-hydrogen) atoms. The minimum Gasteiger partial charge on any atom is -0.462 e. The van der Waals surface area contributed by atoms with Crippen LogP contribution >= 0.6 is 0 Å². The number of carbonyl (C=O) groups excluding carboxylic acids is 1. The molecule has 0 aliphatic carbocycles. The van der Waals surface area contributed by atoms with Crippen LogP contribution < -0.4 is 5.32 Å². The Morgan fingerprint density at radius 1 is 1.39 bits per heavy atom. The number of nitrogens with zero attached hydrogens (tertiary/aromatic N) is 1. The van der Waals surface area contributed by atoms with Gasteiger partial charge in [0.2, 0.25) is 5.91 Å². The third-order valence-corrected chi connectivity index (χ3v) is 2.83. The maximum absolute atomic E-state index is 12.0. The van der Waals surface area contributed by atoms with E-state index in [9.17, 15) is 4.79 Å². The van der Waals surface area contributed by atoms with Gasteiger partial charge in [-0.2, -0.15) is 5.26 Å². The minimum atomic E-state index is -0.654. The number of rotatable bonds is 3. The van der Waals surface area contributed by atoms with Gasteiger partial charge in [-0.1, -0.05) is 26.0 Å². The lowest BCUT2D eigenvalue weighted by molar-refractivity contribution is -0.119. The van der Waals surface area contributed by atoms with Gasteiger partial charge in [-0.3, -0.25) is 4.79 Å². The van der Waals surface area contributed by atoms with Crippen molar-refractivity contribution in [2.24, 2.45) is 11.8 Å². The molecule has 0 bridgehead atoms. The first-order valence-electron chi connectivity index (χ1n) is 5.80. The maximum Gasteiger partial charge on any atom is 0.242 e. The molecule has 1 heterocycles. The Morgan fingerprint density at radius 2 is 2.11 bits per heavy atom. The highest BCUT2D eigenvalue weighted by Gasteiger charge is 2.22. The summed E-state index contributed by atoms with van der Waals surface area (Å²) in [4.78, 5) is 12.0. The number of hydrogen-bond donors (Lipinski definition) is 1. The highest BCUT2D eigenvalue weighted by atomic mass is 16.3. The summed E-state index contributed by atoms with van der Waals surface area (Å²) in [5.41, 5.74) is 1.32. The summed E-state index contributed by atoms with van der Waals surface area (Å²) < 4.78 is 5.33. The van der Waals surface area contributed by atoms with Crippen LogP contribution in [0.15, 0.2) is 34.9 Å². The van der Waals surface area contributed by atoms with Gasteiger partial charge >= 0.3 is 0 Å². The van der Waals surface area contributed by atoms with Gasteiger partial charge in [-0.25, -0.2) is 0 Å².